The molecule has 2 atom stereocenters. The fourth-order valence-electron chi connectivity index (χ4n) is 5.53. The molecule has 0 aliphatic carbocycles. The van der Waals surface area contributed by atoms with Crippen LogP contribution < -0.4 is 9.64 Å². The highest BCUT2D eigenvalue weighted by Gasteiger charge is 2.45. The van der Waals surface area contributed by atoms with Crippen LogP contribution in [0.2, 0.25) is 5.02 Å². The Kier molecular flexibility index (Phi) is 6.84. The van der Waals surface area contributed by atoms with E-state index in [-0.39, 0.29) is 76.5 Å². The number of pyridine rings is 1. The summed E-state index contributed by atoms with van der Waals surface area (Å²) >= 11 is 6.11. The number of hydrogen-bond acceptors (Lipinski definition) is 9. The van der Waals surface area contributed by atoms with Crippen molar-refractivity contribution in [1.82, 2.24) is 15.0 Å². The molecule has 42 heavy (non-hydrogen) atoms. The first kappa shape index (κ1) is 28.6. The Morgan fingerprint density at radius 3 is 2.60 bits per heavy atom. The second kappa shape index (κ2) is 10.0. The van der Waals surface area contributed by atoms with Crippen LogP contribution in [-0.2, 0) is 26.5 Å². The molecule has 0 N–H and O–H groups in total. The van der Waals surface area contributed by atoms with Crippen LogP contribution >= 0.6 is 11.6 Å². The molecule has 0 amide bonds. The van der Waals surface area contributed by atoms with Crippen LogP contribution in [0.25, 0.3) is 22.1 Å². The standard InChI is InChI=1S/C27H23ClF4N4O5S/c1-14(37)19-11-16(40-24-18(10-15(28)12-33-24)26(29)6-8-42(38,39)9-7-26)13-36(19)23-22-21(34-25(35-23)27(30,31)32)17-4-2-3-5-20(17)41-22/h2-5,10,12,16,19H,6-9,11,13H2,1H3/t16-,19-/m0/s1. The first-order valence-corrected chi connectivity index (χ1v) is 15.2. The van der Waals surface area contributed by atoms with Gasteiger partial charge in [0.2, 0.25) is 11.7 Å². The van der Waals surface area contributed by atoms with Gasteiger partial charge in [-0.05, 0) is 38.0 Å². The zero-order valence-corrected chi connectivity index (χ0v) is 23.6. The van der Waals surface area contributed by atoms with E-state index in [4.69, 9.17) is 20.8 Å². The molecule has 6 rings (SSSR count). The molecule has 9 nitrogen and oxygen atoms in total. The molecule has 222 valence electrons. The van der Waals surface area contributed by atoms with E-state index in [1.807, 2.05) is 0 Å². The smallest absolute Gasteiger partial charge is 0.451 e. The number of benzene rings is 1. The number of carbonyl (C=O) groups excluding carboxylic acids is 1. The van der Waals surface area contributed by atoms with E-state index < -0.39 is 39.7 Å². The summed E-state index contributed by atoms with van der Waals surface area (Å²) in [6.45, 7) is 1.19. The molecule has 15 heteroatoms. The number of hydrogen-bond donors (Lipinski definition) is 0. The number of Topliss-reactive ketones (excluding diaryl/α,β-unsaturated/α-hetero) is 1. The van der Waals surface area contributed by atoms with Gasteiger partial charge >= 0.3 is 6.18 Å². The minimum atomic E-state index is -4.88. The van der Waals surface area contributed by atoms with Crippen LogP contribution in [0.4, 0.5) is 23.4 Å². The molecule has 0 radical (unpaired) electrons. The molecule has 2 aliphatic rings. The summed E-state index contributed by atoms with van der Waals surface area (Å²) < 4.78 is 93.6. The van der Waals surface area contributed by atoms with Gasteiger partial charge in [-0.1, -0.05) is 23.7 Å². The van der Waals surface area contributed by atoms with Gasteiger partial charge < -0.3 is 14.1 Å². The number of alkyl halides is 4. The molecule has 3 aromatic heterocycles. The van der Waals surface area contributed by atoms with Crippen molar-refractivity contribution in [2.75, 3.05) is 23.0 Å². The molecule has 0 unspecified atom stereocenters. The van der Waals surface area contributed by atoms with Gasteiger partial charge in [0.1, 0.15) is 22.9 Å². The molecule has 1 aromatic carbocycles. The Hall–Kier alpha value is -3.52. The van der Waals surface area contributed by atoms with Crippen molar-refractivity contribution in [3.63, 3.8) is 0 Å². The van der Waals surface area contributed by atoms with Crippen molar-refractivity contribution in [3.05, 3.63) is 52.9 Å². The van der Waals surface area contributed by atoms with E-state index in [0.717, 1.165) is 0 Å². The van der Waals surface area contributed by atoms with E-state index in [9.17, 15) is 26.4 Å². The van der Waals surface area contributed by atoms with Crippen LogP contribution in [-0.4, -0.2) is 59.3 Å². The van der Waals surface area contributed by atoms with Gasteiger partial charge in [0.25, 0.3) is 0 Å². The maximum Gasteiger partial charge on any atom is 0.451 e. The second-order valence-corrected chi connectivity index (χ2v) is 13.3. The SMILES string of the molecule is CC(=O)[C@@H]1C[C@H](Oc2ncc(Cl)cc2C2(F)CCS(=O)(=O)CC2)CN1c1nc(C(F)(F)F)nc2c1oc1ccccc12. The summed E-state index contributed by atoms with van der Waals surface area (Å²) in [4.78, 5) is 25.8. The third-order valence-electron chi connectivity index (χ3n) is 7.66. The van der Waals surface area contributed by atoms with Gasteiger partial charge in [-0.2, -0.15) is 13.2 Å². The summed E-state index contributed by atoms with van der Waals surface area (Å²) in [5.74, 6) is -2.83. The van der Waals surface area contributed by atoms with E-state index in [2.05, 4.69) is 15.0 Å². The lowest BCUT2D eigenvalue weighted by molar-refractivity contribution is -0.144. The average Bonchev–Trinajstić information content (AvgIpc) is 3.52. The fourth-order valence-corrected chi connectivity index (χ4v) is 7.16. The Balaban J connectivity index is 1.39. The van der Waals surface area contributed by atoms with Gasteiger partial charge in [0.05, 0.1) is 34.7 Å². The number of furan rings is 1. The summed E-state index contributed by atoms with van der Waals surface area (Å²) in [5, 5.41) is 0.469. The van der Waals surface area contributed by atoms with Gasteiger partial charge in [-0.3, -0.25) is 4.79 Å². The van der Waals surface area contributed by atoms with Crippen molar-refractivity contribution < 1.29 is 39.9 Å². The number of fused-ring (bicyclic) bond motifs is 3. The van der Waals surface area contributed by atoms with Crippen LogP contribution in [0.1, 0.15) is 37.6 Å². The molecule has 2 fully saturated rings. The highest BCUT2D eigenvalue weighted by molar-refractivity contribution is 7.91. The van der Waals surface area contributed by atoms with Crippen LogP contribution in [0.3, 0.4) is 0 Å². The lowest BCUT2D eigenvalue weighted by Crippen LogP contribution is -2.36. The summed E-state index contributed by atoms with van der Waals surface area (Å²) in [6, 6.07) is 6.85. The molecular formula is C27H23ClF4N4O5S. The normalized spacial score (nSPS) is 22.1. The number of rotatable bonds is 5. The molecule has 2 saturated heterocycles. The van der Waals surface area contributed by atoms with Crippen molar-refractivity contribution in [2.24, 2.45) is 0 Å². The molecule has 0 bridgehead atoms. The first-order valence-electron chi connectivity index (χ1n) is 13.0. The Morgan fingerprint density at radius 1 is 1.19 bits per heavy atom. The van der Waals surface area contributed by atoms with Gasteiger partial charge in [-0.15, -0.1) is 0 Å². The zero-order valence-electron chi connectivity index (χ0n) is 22.0. The predicted molar refractivity (Wildman–Crippen MR) is 145 cm³/mol. The summed E-state index contributed by atoms with van der Waals surface area (Å²) in [6.07, 6.45) is -5.06. The number of sulfone groups is 1. The topological polar surface area (TPSA) is 115 Å². The van der Waals surface area contributed by atoms with Crippen molar-refractivity contribution in [3.8, 4) is 5.88 Å². The number of nitrogens with zero attached hydrogens (tertiary/aromatic N) is 4. The van der Waals surface area contributed by atoms with Gasteiger partial charge in [-0.25, -0.2) is 27.8 Å². The maximum atomic E-state index is 16.1. The number of carbonyl (C=O) groups is 1. The molecule has 2 aliphatic heterocycles. The van der Waals surface area contributed by atoms with E-state index >= 15 is 4.39 Å². The maximum absolute atomic E-state index is 16.1. The average molecular weight is 627 g/mol. The molecule has 0 spiro atoms. The third kappa shape index (κ3) is 5.14. The number of ether oxygens (including phenoxy) is 1. The number of ketones is 1. The molecule has 0 saturated carbocycles. The van der Waals surface area contributed by atoms with Crippen LogP contribution in [0.15, 0.2) is 40.9 Å². The fraction of sp³-hybridized carbons (Fsp3) is 0.407. The monoisotopic (exact) mass is 626 g/mol. The van der Waals surface area contributed by atoms with Gasteiger partial charge in [0, 0.05) is 18.0 Å². The minimum absolute atomic E-state index is 0.0208. The van der Waals surface area contributed by atoms with Crippen molar-refractivity contribution >= 4 is 55.1 Å². The minimum Gasteiger partial charge on any atom is -0.472 e. The van der Waals surface area contributed by atoms with Gasteiger partial charge in [0.15, 0.2) is 27.0 Å². The number of para-hydroxylation sites is 1. The van der Waals surface area contributed by atoms with Crippen molar-refractivity contribution in [2.45, 2.75) is 50.2 Å². The van der Waals surface area contributed by atoms with E-state index in [1.54, 1.807) is 24.3 Å². The predicted octanol–water partition coefficient (Wildman–Crippen LogP) is 5.43. The molecule has 4 aromatic rings. The van der Waals surface area contributed by atoms with E-state index in [0.29, 0.717) is 11.0 Å². The van der Waals surface area contributed by atoms with Crippen LogP contribution in [0, 0.1) is 0 Å². The highest BCUT2D eigenvalue weighted by atomic mass is 35.5. The Morgan fingerprint density at radius 2 is 1.90 bits per heavy atom. The lowest BCUT2D eigenvalue weighted by Gasteiger charge is -2.31. The molecule has 5 heterocycles. The third-order valence-corrected chi connectivity index (χ3v) is 9.52. The number of aromatic nitrogens is 3. The first-order chi connectivity index (χ1) is 19.7. The highest BCUT2D eigenvalue weighted by Crippen LogP contribution is 2.44. The largest absolute Gasteiger partial charge is 0.472 e. The Labute approximate surface area is 241 Å². The van der Waals surface area contributed by atoms with Crippen molar-refractivity contribution in [1.29, 1.82) is 0 Å². The Bertz CT molecular complexity index is 1820. The quantitative estimate of drug-likeness (QED) is 0.267. The number of halogens is 5. The summed E-state index contributed by atoms with van der Waals surface area (Å²) in [7, 11) is -3.38. The summed E-state index contributed by atoms with van der Waals surface area (Å²) in [5.41, 5.74) is -1.88. The number of anilines is 1. The molecular weight excluding hydrogens is 604 g/mol. The zero-order chi connectivity index (χ0) is 30.0. The van der Waals surface area contributed by atoms with Crippen LogP contribution in [0.5, 0.6) is 5.88 Å². The lowest BCUT2D eigenvalue weighted by atomic mass is 9.90. The second-order valence-electron chi connectivity index (χ2n) is 10.5. The van der Waals surface area contributed by atoms with E-state index in [1.165, 1.54) is 24.1 Å².